The standard InChI is InChI=1S/C26H25N3O3/c1-18-5-11-22(12-6-18)32-17-25(30)29-21-9-7-20(8-10-21)26(31)28-15-13-19-3-2-4-24-23(19)14-16-27-24/h2-12,14,16,27H,13,15,17H2,1H3,(H,28,31)(H,29,30). The Bertz CT molecular complexity index is 1210. The zero-order chi connectivity index (χ0) is 22.3. The van der Waals surface area contributed by atoms with E-state index in [4.69, 9.17) is 4.74 Å². The molecule has 162 valence electrons. The van der Waals surface area contributed by atoms with Crippen molar-refractivity contribution in [1.29, 1.82) is 0 Å². The third-order valence-corrected chi connectivity index (χ3v) is 5.19. The number of aryl methyl sites for hydroxylation is 1. The van der Waals surface area contributed by atoms with E-state index in [0.29, 0.717) is 23.5 Å². The van der Waals surface area contributed by atoms with Crippen LogP contribution in [0.4, 0.5) is 5.69 Å². The molecule has 2 amide bonds. The first kappa shape index (κ1) is 21.2. The minimum Gasteiger partial charge on any atom is -0.484 e. The molecule has 4 aromatic rings. The highest BCUT2D eigenvalue weighted by Crippen LogP contribution is 2.17. The first-order valence-electron chi connectivity index (χ1n) is 10.5. The van der Waals surface area contributed by atoms with Crippen LogP contribution in [0.3, 0.4) is 0 Å². The van der Waals surface area contributed by atoms with Crippen LogP contribution in [0.1, 0.15) is 21.5 Å². The molecule has 6 nitrogen and oxygen atoms in total. The zero-order valence-corrected chi connectivity index (χ0v) is 17.9. The molecule has 0 fully saturated rings. The van der Waals surface area contributed by atoms with Crippen LogP contribution in [0.25, 0.3) is 10.9 Å². The van der Waals surface area contributed by atoms with Gasteiger partial charge in [0, 0.05) is 34.9 Å². The molecule has 0 spiro atoms. The smallest absolute Gasteiger partial charge is 0.262 e. The number of H-pyrrole nitrogens is 1. The van der Waals surface area contributed by atoms with E-state index < -0.39 is 0 Å². The van der Waals surface area contributed by atoms with Crippen LogP contribution >= 0.6 is 0 Å². The molecular formula is C26H25N3O3. The molecule has 3 aromatic carbocycles. The van der Waals surface area contributed by atoms with E-state index in [1.807, 2.05) is 55.6 Å². The number of benzene rings is 3. The number of aromatic amines is 1. The Hall–Kier alpha value is -4.06. The molecule has 0 aliphatic heterocycles. The summed E-state index contributed by atoms with van der Waals surface area (Å²) in [7, 11) is 0. The van der Waals surface area contributed by atoms with Crippen molar-refractivity contribution in [3.8, 4) is 5.75 Å². The number of hydrogen-bond donors (Lipinski definition) is 3. The minimum atomic E-state index is -0.262. The average Bonchev–Trinajstić information content (AvgIpc) is 3.29. The minimum absolute atomic E-state index is 0.0841. The predicted molar refractivity (Wildman–Crippen MR) is 126 cm³/mol. The maximum Gasteiger partial charge on any atom is 0.262 e. The molecule has 0 aliphatic carbocycles. The lowest BCUT2D eigenvalue weighted by Crippen LogP contribution is -2.25. The lowest BCUT2D eigenvalue weighted by molar-refractivity contribution is -0.118. The first-order chi connectivity index (χ1) is 15.6. The highest BCUT2D eigenvalue weighted by molar-refractivity contribution is 5.96. The molecule has 3 N–H and O–H groups in total. The second-order valence-corrected chi connectivity index (χ2v) is 7.59. The van der Waals surface area contributed by atoms with Crippen LogP contribution in [-0.2, 0) is 11.2 Å². The number of carbonyl (C=O) groups excluding carboxylic acids is 2. The molecule has 0 unspecified atom stereocenters. The van der Waals surface area contributed by atoms with E-state index >= 15 is 0 Å². The van der Waals surface area contributed by atoms with E-state index in [1.54, 1.807) is 24.3 Å². The largest absolute Gasteiger partial charge is 0.484 e. The summed E-state index contributed by atoms with van der Waals surface area (Å²) in [4.78, 5) is 27.7. The number of aromatic nitrogens is 1. The Balaban J connectivity index is 1.24. The van der Waals surface area contributed by atoms with Crippen molar-refractivity contribution in [2.24, 2.45) is 0 Å². The topological polar surface area (TPSA) is 83.2 Å². The van der Waals surface area contributed by atoms with Gasteiger partial charge in [-0.1, -0.05) is 29.8 Å². The fraction of sp³-hybridized carbons (Fsp3) is 0.154. The summed E-state index contributed by atoms with van der Waals surface area (Å²) in [6.07, 6.45) is 2.66. The summed E-state index contributed by atoms with van der Waals surface area (Å²) in [5, 5.41) is 6.89. The van der Waals surface area contributed by atoms with E-state index in [0.717, 1.165) is 17.5 Å². The van der Waals surface area contributed by atoms with Crippen LogP contribution in [0, 0.1) is 6.92 Å². The Labute approximate surface area is 186 Å². The maximum absolute atomic E-state index is 12.4. The van der Waals surface area contributed by atoms with Crippen molar-refractivity contribution in [2.45, 2.75) is 13.3 Å². The van der Waals surface area contributed by atoms with Gasteiger partial charge in [0.25, 0.3) is 11.8 Å². The van der Waals surface area contributed by atoms with Crippen LogP contribution in [-0.4, -0.2) is 29.9 Å². The SMILES string of the molecule is Cc1ccc(OCC(=O)Nc2ccc(C(=O)NCCc3cccc4[nH]ccc34)cc2)cc1. The van der Waals surface area contributed by atoms with Gasteiger partial charge < -0.3 is 20.4 Å². The van der Waals surface area contributed by atoms with Gasteiger partial charge >= 0.3 is 0 Å². The second-order valence-electron chi connectivity index (χ2n) is 7.59. The molecule has 0 saturated heterocycles. The van der Waals surface area contributed by atoms with Gasteiger partial charge in [0.2, 0.25) is 0 Å². The second kappa shape index (κ2) is 9.83. The van der Waals surface area contributed by atoms with Crippen molar-refractivity contribution in [1.82, 2.24) is 10.3 Å². The fourth-order valence-electron chi connectivity index (χ4n) is 3.47. The quantitative estimate of drug-likeness (QED) is 0.388. The number of amides is 2. The number of hydrogen-bond acceptors (Lipinski definition) is 3. The monoisotopic (exact) mass is 427 g/mol. The van der Waals surface area contributed by atoms with Crippen LogP contribution in [0.5, 0.6) is 5.75 Å². The highest BCUT2D eigenvalue weighted by atomic mass is 16.5. The van der Waals surface area contributed by atoms with Gasteiger partial charge in [-0.05, 0) is 67.4 Å². The summed E-state index contributed by atoms with van der Waals surface area (Å²) < 4.78 is 5.48. The van der Waals surface area contributed by atoms with Gasteiger partial charge in [-0.15, -0.1) is 0 Å². The van der Waals surface area contributed by atoms with Gasteiger partial charge in [-0.2, -0.15) is 0 Å². The lowest BCUT2D eigenvalue weighted by atomic mass is 10.1. The van der Waals surface area contributed by atoms with E-state index in [-0.39, 0.29) is 18.4 Å². The Morgan fingerprint density at radius 3 is 2.50 bits per heavy atom. The fourth-order valence-corrected chi connectivity index (χ4v) is 3.47. The maximum atomic E-state index is 12.4. The summed E-state index contributed by atoms with van der Waals surface area (Å²) in [5.41, 5.74) is 4.56. The van der Waals surface area contributed by atoms with Crippen LogP contribution in [0.15, 0.2) is 79.0 Å². The average molecular weight is 428 g/mol. The molecule has 0 atom stereocenters. The van der Waals surface area contributed by atoms with Crippen LogP contribution in [0.2, 0.25) is 0 Å². The highest BCUT2D eigenvalue weighted by Gasteiger charge is 2.08. The van der Waals surface area contributed by atoms with Gasteiger partial charge in [0.05, 0.1) is 0 Å². The molecule has 6 heteroatoms. The lowest BCUT2D eigenvalue weighted by Gasteiger charge is -2.09. The van der Waals surface area contributed by atoms with Gasteiger partial charge in [-0.3, -0.25) is 9.59 Å². The molecule has 0 aliphatic rings. The predicted octanol–water partition coefficient (Wildman–Crippen LogP) is 4.47. The number of rotatable bonds is 8. The molecule has 0 saturated carbocycles. The zero-order valence-electron chi connectivity index (χ0n) is 17.9. The number of anilines is 1. The Morgan fingerprint density at radius 1 is 0.938 bits per heavy atom. The van der Waals surface area contributed by atoms with Crippen molar-refractivity contribution in [3.63, 3.8) is 0 Å². The molecule has 0 bridgehead atoms. The van der Waals surface area contributed by atoms with E-state index in [9.17, 15) is 9.59 Å². The van der Waals surface area contributed by atoms with Gasteiger partial charge in [0.15, 0.2) is 6.61 Å². The van der Waals surface area contributed by atoms with Gasteiger partial charge in [-0.25, -0.2) is 0 Å². The van der Waals surface area contributed by atoms with Crippen LogP contribution < -0.4 is 15.4 Å². The van der Waals surface area contributed by atoms with Gasteiger partial charge in [0.1, 0.15) is 5.75 Å². The summed E-state index contributed by atoms with van der Waals surface area (Å²) >= 11 is 0. The third-order valence-electron chi connectivity index (χ3n) is 5.19. The first-order valence-corrected chi connectivity index (χ1v) is 10.5. The molecule has 4 rings (SSSR count). The van der Waals surface area contributed by atoms with Crippen molar-refractivity contribution in [3.05, 3.63) is 95.7 Å². The summed E-state index contributed by atoms with van der Waals surface area (Å²) in [5.74, 6) is 0.235. The van der Waals surface area contributed by atoms with E-state index in [1.165, 1.54) is 10.9 Å². The Kier molecular flexibility index (Phi) is 6.51. The molecule has 1 heterocycles. The number of carbonyl (C=O) groups is 2. The summed E-state index contributed by atoms with van der Waals surface area (Å²) in [6.45, 7) is 2.45. The van der Waals surface area contributed by atoms with Crippen molar-refractivity contribution >= 4 is 28.4 Å². The molecule has 32 heavy (non-hydrogen) atoms. The van der Waals surface area contributed by atoms with Crippen molar-refractivity contribution < 1.29 is 14.3 Å². The van der Waals surface area contributed by atoms with Crippen molar-refractivity contribution in [2.75, 3.05) is 18.5 Å². The normalized spacial score (nSPS) is 10.7. The Morgan fingerprint density at radius 2 is 1.72 bits per heavy atom. The number of nitrogens with one attached hydrogen (secondary N) is 3. The number of ether oxygens (including phenoxy) is 1. The number of fused-ring (bicyclic) bond motifs is 1. The molecule has 1 aromatic heterocycles. The molecular weight excluding hydrogens is 402 g/mol. The summed E-state index contributed by atoms with van der Waals surface area (Å²) in [6, 6.07) is 22.5. The van der Waals surface area contributed by atoms with E-state index in [2.05, 4.69) is 21.7 Å². The molecule has 0 radical (unpaired) electrons. The third kappa shape index (κ3) is 5.35.